The van der Waals surface area contributed by atoms with Gasteiger partial charge in [0, 0.05) is 5.56 Å². The Kier molecular flexibility index (Phi) is 3.31. The fraction of sp³-hybridized carbons (Fsp3) is 0. The van der Waals surface area contributed by atoms with E-state index in [0.717, 1.165) is 12.6 Å². The van der Waals surface area contributed by atoms with Crippen molar-refractivity contribution in [3.8, 4) is 11.5 Å². The van der Waals surface area contributed by atoms with E-state index in [2.05, 4.69) is 0 Å². The highest BCUT2D eigenvalue weighted by Crippen LogP contribution is 2.24. The predicted octanol–water partition coefficient (Wildman–Crippen LogP) is 3.10. The van der Waals surface area contributed by atoms with Gasteiger partial charge in [0.1, 0.15) is 17.8 Å². The highest BCUT2D eigenvalue weighted by atomic mass is 16.5. The standard InChI is InChI=1S/C14H10O3/c15-9-11-5-7-13(8-6-11)17-14-4-2-1-3-12(14)10-16/h1-10H. The molecule has 0 saturated carbocycles. The van der Waals surface area contributed by atoms with Crippen molar-refractivity contribution in [2.45, 2.75) is 0 Å². The summed E-state index contributed by atoms with van der Waals surface area (Å²) in [6.45, 7) is 0. The van der Waals surface area contributed by atoms with Crippen LogP contribution >= 0.6 is 0 Å². The first kappa shape index (κ1) is 11.1. The van der Waals surface area contributed by atoms with E-state index < -0.39 is 0 Å². The SMILES string of the molecule is O=Cc1ccc(Oc2ccccc2C=O)cc1. The molecule has 17 heavy (non-hydrogen) atoms. The summed E-state index contributed by atoms with van der Waals surface area (Å²) < 4.78 is 5.55. The number of aldehydes is 2. The molecule has 3 nitrogen and oxygen atoms in total. The number of ether oxygens (including phenoxy) is 1. The van der Waals surface area contributed by atoms with E-state index in [-0.39, 0.29) is 0 Å². The fourth-order valence-electron chi connectivity index (χ4n) is 1.41. The van der Waals surface area contributed by atoms with Crippen LogP contribution in [0.25, 0.3) is 0 Å². The van der Waals surface area contributed by atoms with Crippen molar-refractivity contribution in [2.24, 2.45) is 0 Å². The van der Waals surface area contributed by atoms with E-state index >= 15 is 0 Å². The molecule has 0 atom stereocenters. The largest absolute Gasteiger partial charge is 0.457 e. The molecule has 2 aromatic carbocycles. The number of para-hydroxylation sites is 1. The average Bonchev–Trinajstić information content (AvgIpc) is 2.40. The Labute approximate surface area is 98.7 Å². The summed E-state index contributed by atoms with van der Waals surface area (Å²) in [5, 5.41) is 0. The van der Waals surface area contributed by atoms with Gasteiger partial charge in [-0.3, -0.25) is 9.59 Å². The van der Waals surface area contributed by atoms with Crippen LogP contribution in [-0.4, -0.2) is 12.6 Å². The minimum atomic E-state index is 0.493. The summed E-state index contributed by atoms with van der Waals surface area (Å²) in [4.78, 5) is 21.3. The van der Waals surface area contributed by atoms with E-state index in [9.17, 15) is 9.59 Å². The third-order valence-electron chi connectivity index (χ3n) is 2.29. The van der Waals surface area contributed by atoms with Crippen LogP contribution < -0.4 is 4.74 Å². The average molecular weight is 226 g/mol. The number of hydrogen-bond acceptors (Lipinski definition) is 3. The summed E-state index contributed by atoms with van der Waals surface area (Å²) in [7, 11) is 0. The van der Waals surface area contributed by atoms with Gasteiger partial charge in [-0.05, 0) is 36.4 Å². The molecule has 0 amide bonds. The van der Waals surface area contributed by atoms with Gasteiger partial charge in [-0.2, -0.15) is 0 Å². The Morgan fingerprint density at radius 3 is 2.18 bits per heavy atom. The molecule has 2 rings (SSSR count). The Morgan fingerprint density at radius 2 is 1.53 bits per heavy atom. The summed E-state index contributed by atoms with van der Waals surface area (Å²) >= 11 is 0. The smallest absolute Gasteiger partial charge is 0.153 e. The maximum absolute atomic E-state index is 10.8. The Bertz CT molecular complexity index is 529. The highest BCUT2D eigenvalue weighted by Gasteiger charge is 2.02. The second-order valence-corrected chi connectivity index (χ2v) is 3.44. The minimum Gasteiger partial charge on any atom is -0.457 e. The molecule has 0 aliphatic rings. The lowest BCUT2D eigenvalue weighted by atomic mass is 10.2. The molecule has 2 aromatic rings. The zero-order chi connectivity index (χ0) is 12.1. The van der Waals surface area contributed by atoms with Gasteiger partial charge in [0.25, 0.3) is 0 Å². The molecule has 84 valence electrons. The number of benzene rings is 2. The van der Waals surface area contributed by atoms with Crippen LogP contribution in [0.3, 0.4) is 0 Å². The van der Waals surface area contributed by atoms with Crippen molar-refractivity contribution in [1.82, 2.24) is 0 Å². The van der Waals surface area contributed by atoms with Gasteiger partial charge in [-0.15, -0.1) is 0 Å². The van der Waals surface area contributed by atoms with Gasteiger partial charge >= 0.3 is 0 Å². The summed E-state index contributed by atoms with van der Waals surface area (Å²) in [5.41, 5.74) is 1.08. The molecular formula is C14H10O3. The molecule has 0 aromatic heterocycles. The molecule has 0 N–H and O–H groups in total. The first-order valence-corrected chi connectivity index (χ1v) is 5.11. The van der Waals surface area contributed by atoms with E-state index in [1.54, 1.807) is 48.5 Å². The second kappa shape index (κ2) is 5.07. The molecule has 0 radical (unpaired) electrons. The van der Waals surface area contributed by atoms with Gasteiger partial charge in [-0.25, -0.2) is 0 Å². The first-order chi connectivity index (χ1) is 8.33. The Morgan fingerprint density at radius 1 is 0.824 bits per heavy atom. The van der Waals surface area contributed by atoms with Gasteiger partial charge < -0.3 is 4.74 Å². The van der Waals surface area contributed by atoms with Crippen molar-refractivity contribution < 1.29 is 14.3 Å². The predicted molar refractivity (Wildman–Crippen MR) is 63.7 cm³/mol. The second-order valence-electron chi connectivity index (χ2n) is 3.44. The number of carbonyl (C=O) groups is 2. The number of carbonyl (C=O) groups excluding carboxylic acids is 2. The van der Waals surface area contributed by atoms with Gasteiger partial charge in [0.05, 0.1) is 5.56 Å². The van der Waals surface area contributed by atoms with Crippen LogP contribution in [0.2, 0.25) is 0 Å². The number of hydrogen-bond donors (Lipinski definition) is 0. The molecule has 0 aliphatic carbocycles. The van der Waals surface area contributed by atoms with Crippen molar-refractivity contribution in [3.05, 3.63) is 59.7 Å². The molecule has 0 spiro atoms. The summed E-state index contributed by atoms with van der Waals surface area (Å²) in [6.07, 6.45) is 1.51. The quantitative estimate of drug-likeness (QED) is 0.752. The topological polar surface area (TPSA) is 43.4 Å². The normalized spacial score (nSPS) is 9.65. The zero-order valence-corrected chi connectivity index (χ0v) is 9.00. The third-order valence-corrected chi connectivity index (χ3v) is 2.29. The van der Waals surface area contributed by atoms with E-state index in [0.29, 0.717) is 22.6 Å². The third kappa shape index (κ3) is 2.58. The van der Waals surface area contributed by atoms with E-state index in [1.165, 1.54) is 0 Å². The molecule has 0 saturated heterocycles. The maximum Gasteiger partial charge on any atom is 0.153 e. The van der Waals surface area contributed by atoms with E-state index in [1.807, 2.05) is 0 Å². The van der Waals surface area contributed by atoms with Crippen LogP contribution in [0.5, 0.6) is 11.5 Å². The van der Waals surface area contributed by atoms with Crippen LogP contribution in [0.4, 0.5) is 0 Å². The number of rotatable bonds is 4. The van der Waals surface area contributed by atoms with Crippen molar-refractivity contribution in [3.63, 3.8) is 0 Å². The molecule has 0 unspecified atom stereocenters. The van der Waals surface area contributed by atoms with Crippen LogP contribution in [0, 0.1) is 0 Å². The van der Waals surface area contributed by atoms with Crippen molar-refractivity contribution in [1.29, 1.82) is 0 Å². The molecule has 3 heteroatoms. The van der Waals surface area contributed by atoms with Crippen molar-refractivity contribution in [2.75, 3.05) is 0 Å². The summed E-state index contributed by atoms with van der Waals surface area (Å²) in [6, 6.07) is 13.7. The fourth-order valence-corrected chi connectivity index (χ4v) is 1.41. The molecule has 0 heterocycles. The van der Waals surface area contributed by atoms with E-state index in [4.69, 9.17) is 4.74 Å². The first-order valence-electron chi connectivity index (χ1n) is 5.11. The van der Waals surface area contributed by atoms with Crippen LogP contribution in [-0.2, 0) is 0 Å². The van der Waals surface area contributed by atoms with Crippen LogP contribution in [0.15, 0.2) is 48.5 Å². The van der Waals surface area contributed by atoms with Crippen molar-refractivity contribution >= 4 is 12.6 Å². The van der Waals surface area contributed by atoms with Crippen LogP contribution in [0.1, 0.15) is 20.7 Å². The summed E-state index contributed by atoms with van der Waals surface area (Å²) in [5.74, 6) is 1.09. The van der Waals surface area contributed by atoms with Gasteiger partial charge in [0.2, 0.25) is 0 Å². The zero-order valence-electron chi connectivity index (χ0n) is 9.00. The Hall–Kier alpha value is -2.42. The maximum atomic E-state index is 10.8. The minimum absolute atomic E-state index is 0.493. The molecular weight excluding hydrogens is 216 g/mol. The highest BCUT2D eigenvalue weighted by molar-refractivity contribution is 5.79. The molecule has 0 aliphatic heterocycles. The van der Waals surface area contributed by atoms with Gasteiger partial charge in [0.15, 0.2) is 6.29 Å². The lowest BCUT2D eigenvalue weighted by Gasteiger charge is -2.07. The lowest BCUT2D eigenvalue weighted by Crippen LogP contribution is -1.90. The lowest BCUT2D eigenvalue weighted by molar-refractivity contribution is 0.111. The molecule has 0 fully saturated rings. The molecule has 0 bridgehead atoms. The van der Waals surface area contributed by atoms with Gasteiger partial charge in [-0.1, -0.05) is 12.1 Å². The Balaban J connectivity index is 2.24. The monoisotopic (exact) mass is 226 g/mol.